The number of hydrogen-bond donors (Lipinski definition) is 0. The molecule has 2 amide bonds. The fourth-order valence-electron chi connectivity index (χ4n) is 5.11. The first-order valence-corrected chi connectivity index (χ1v) is 13.7. The molecular weight excluding hydrogens is 444 g/mol. The largest absolute Gasteiger partial charge is 0.491 e. The predicted octanol–water partition coefficient (Wildman–Crippen LogP) is 5.63. The first-order chi connectivity index (χ1) is 16.5. The molecule has 4 rings (SSSR count). The minimum Gasteiger partial charge on any atom is -0.491 e. The van der Waals surface area contributed by atoms with Gasteiger partial charge in [0.15, 0.2) is 0 Å². The third kappa shape index (κ3) is 5.83. The Kier molecular flexibility index (Phi) is 8.30. The van der Waals surface area contributed by atoms with Gasteiger partial charge in [-0.1, -0.05) is 50.8 Å². The Morgan fingerprint density at radius 1 is 1.18 bits per heavy atom. The van der Waals surface area contributed by atoms with Crippen molar-refractivity contribution in [1.29, 1.82) is 0 Å². The summed E-state index contributed by atoms with van der Waals surface area (Å²) < 4.78 is 6.15. The van der Waals surface area contributed by atoms with Crippen molar-refractivity contribution >= 4 is 23.2 Å². The van der Waals surface area contributed by atoms with Gasteiger partial charge in [0.2, 0.25) is 11.8 Å². The number of aryl methyl sites for hydroxylation is 1. The van der Waals surface area contributed by atoms with Crippen LogP contribution in [0.1, 0.15) is 68.0 Å². The highest BCUT2D eigenvalue weighted by molar-refractivity contribution is 7.10. The molecule has 0 saturated heterocycles. The molecule has 34 heavy (non-hydrogen) atoms. The lowest BCUT2D eigenvalue weighted by molar-refractivity contribution is -0.145. The van der Waals surface area contributed by atoms with Gasteiger partial charge in [-0.05, 0) is 61.2 Å². The number of ether oxygens (including phenoxy) is 1. The number of carbonyl (C=O) groups is 2. The van der Waals surface area contributed by atoms with E-state index in [1.165, 1.54) is 16.0 Å². The molecule has 184 valence electrons. The lowest BCUT2D eigenvalue weighted by Crippen LogP contribution is -2.49. The summed E-state index contributed by atoms with van der Waals surface area (Å²) in [5, 5.41) is 2.11. The summed E-state index contributed by atoms with van der Waals surface area (Å²) in [6, 6.07) is 10.0. The van der Waals surface area contributed by atoms with Gasteiger partial charge in [-0.3, -0.25) is 9.59 Å². The summed E-state index contributed by atoms with van der Waals surface area (Å²) >= 11 is 1.76. The lowest BCUT2D eigenvalue weighted by atomic mass is 10.00. The van der Waals surface area contributed by atoms with Crippen molar-refractivity contribution < 1.29 is 14.3 Å². The van der Waals surface area contributed by atoms with E-state index in [9.17, 15) is 9.59 Å². The van der Waals surface area contributed by atoms with Crippen LogP contribution in [-0.4, -0.2) is 47.9 Å². The Labute approximate surface area is 208 Å². The molecule has 0 unspecified atom stereocenters. The standard InChI is InChI=1S/C28H38N2O3S/c1-4-20(2)17-29(28(32)22-7-5-6-8-22)18-27(31)30-15-13-26-24(14-16-34-26)25(30)19-33-23-11-9-21(3)10-12-23/h9-12,14,16,20,22,25H,4-8,13,15,17-19H2,1-3H3/t20-,25-/m1/s1. The van der Waals surface area contributed by atoms with Gasteiger partial charge in [0.1, 0.15) is 12.4 Å². The molecule has 0 N–H and O–H groups in total. The molecule has 1 aliphatic heterocycles. The molecule has 1 aliphatic carbocycles. The van der Waals surface area contributed by atoms with Gasteiger partial charge >= 0.3 is 0 Å². The Morgan fingerprint density at radius 3 is 2.62 bits per heavy atom. The highest BCUT2D eigenvalue weighted by Crippen LogP contribution is 2.34. The van der Waals surface area contributed by atoms with Gasteiger partial charge in [0.25, 0.3) is 0 Å². The van der Waals surface area contributed by atoms with Crippen molar-refractivity contribution in [3.63, 3.8) is 0 Å². The van der Waals surface area contributed by atoms with E-state index in [2.05, 4.69) is 32.2 Å². The Bertz CT molecular complexity index is 964. The number of rotatable bonds is 9. The normalized spacial score (nSPS) is 19.0. The highest BCUT2D eigenvalue weighted by Gasteiger charge is 2.35. The molecule has 2 heterocycles. The summed E-state index contributed by atoms with van der Waals surface area (Å²) in [7, 11) is 0. The van der Waals surface area contributed by atoms with E-state index >= 15 is 0 Å². The van der Waals surface area contributed by atoms with E-state index in [1.54, 1.807) is 11.3 Å². The smallest absolute Gasteiger partial charge is 0.242 e. The van der Waals surface area contributed by atoms with E-state index < -0.39 is 0 Å². The van der Waals surface area contributed by atoms with Gasteiger partial charge in [-0.25, -0.2) is 0 Å². The molecule has 2 aromatic rings. The number of benzene rings is 1. The molecule has 2 atom stereocenters. The second kappa shape index (κ2) is 11.4. The van der Waals surface area contributed by atoms with Gasteiger partial charge in [0.05, 0.1) is 12.6 Å². The number of nitrogens with zero attached hydrogens (tertiary/aromatic N) is 2. The van der Waals surface area contributed by atoms with E-state index in [4.69, 9.17) is 4.74 Å². The van der Waals surface area contributed by atoms with Crippen LogP contribution in [0.2, 0.25) is 0 Å². The van der Waals surface area contributed by atoms with Crippen molar-refractivity contribution in [3.05, 3.63) is 51.7 Å². The molecule has 6 heteroatoms. The monoisotopic (exact) mass is 482 g/mol. The third-order valence-electron chi connectivity index (χ3n) is 7.42. The summed E-state index contributed by atoms with van der Waals surface area (Å²) in [6.45, 7) is 8.27. The maximum Gasteiger partial charge on any atom is 0.242 e. The lowest BCUT2D eigenvalue weighted by Gasteiger charge is -2.37. The fraction of sp³-hybridized carbons (Fsp3) is 0.571. The molecule has 1 fully saturated rings. The Morgan fingerprint density at radius 2 is 1.91 bits per heavy atom. The fourth-order valence-corrected chi connectivity index (χ4v) is 6.04. The zero-order chi connectivity index (χ0) is 24.1. The second-order valence-electron chi connectivity index (χ2n) is 9.99. The van der Waals surface area contributed by atoms with Gasteiger partial charge in [-0.2, -0.15) is 0 Å². The Balaban J connectivity index is 1.49. The van der Waals surface area contributed by atoms with Crippen LogP contribution >= 0.6 is 11.3 Å². The zero-order valence-corrected chi connectivity index (χ0v) is 21.6. The average molecular weight is 483 g/mol. The maximum atomic E-state index is 13.7. The maximum absolute atomic E-state index is 13.7. The van der Waals surface area contributed by atoms with Crippen molar-refractivity contribution in [3.8, 4) is 5.75 Å². The van der Waals surface area contributed by atoms with Crippen LogP contribution < -0.4 is 4.74 Å². The van der Waals surface area contributed by atoms with Gasteiger partial charge in [-0.15, -0.1) is 11.3 Å². The topological polar surface area (TPSA) is 49.9 Å². The van der Waals surface area contributed by atoms with E-state index in [1.807, 2.05) is 34.1 Å². The summed E-state index contributed by atoms with van der Waals surface area (Å²) in [5.74, 6) is 1.48. The number of amides is 2. The van der Waals surface area contributed by atoms with Crippen LogP contribution in [0.4, 0.5) is 0 Å². The van der Waals surface area contributed by atoms with E-state index in [0.717, 1.165) is 44.3 Å². The quantitative estimate of drug-likeness (QED) is 0.466. The molecule has 2 aliphatic rings. The summed E-state index contributed by atoms with van der Waals surface area (Å²) in [4.78, 5) is 32.1. The zero-order valence-electron chi connectivity index (χ0n) is 20.8. The first kappa shape index (κ1) is 24.8. The van der Waals surface area contributed by atoms with E-state index in [0.29, 0.717) is 25.6 Å². The van der Waals surface area contributed by atoms with Crippen LogP contribution in [0.25, 0.3) is 0 Å². The molecule has 1 aromatic heterocycles. The molecule has 0 radical (unpaired) electrons. The SMILES string of the molecule is CC[C@@H](C)CN(CC(=O)N1CCc2sccc2[C@H]1COc1ccc(C)cc1)C(=O)C1CCCC1. The average Bonchev–Trinajstić information content (AvgIpc) is 3.54. The van der Waals surface area contributed by atoms with Crippen LogP contribution in [0.5, 0.6) is 5.75 Å². The summed E-state index contributed by atoms with van der Waals surface area (Å²) in [6.07, 6.45) is 6.01. The molecule has 1 aromatic carbocycles. The first-order valence-electron chi connectivity index (χ1n) is 12.8. The van der Waals surface area contributed by atoms with E-state index in [-0.39, 0.29) is 30.3 Å². The van der Waals surface area contributed by atoms with Crippen molar-refractivity contribution in [2.24, 2.45) is 11.8 Å². The highest BCUT2D eigenvalue weighted by atomic mass is 32.1. The molecule has 5 nitrogen and oxygen atoms in total. The number of hydrogen-bond acceptors (Lipinski definition) is 4. The third-order valence-corrected chi connectivity index (χ3v) is 8.41. The van der Waals surface area contributed by atoms with Crippen LogP contribution in [0, 0.1) is 18.8 Å². The van der Waals surface area contributed by atoms with Crippen LogP contribution in [-0.2, 0) is 16.0 Å². The summed E-state index contributed by atoms with van der Waals surface area (Å²) in [5.41, 5.74) is 2.38. The van der Waals surface area contributed by atoms with Crippen molar-refractivity contribution in [2.75, 3.05) is 26.2 Å². The minimum atomic E-state index is -0.129. The van der Waals surface area contributed by atoms with Crippen molar-refractivity contribution in [1.82, 2.24) is 9.80 Å². The molecule has 0 spiro atoms. The second-order valence-corrected chi connectivity index (χ2v) is 11.0. The van der Waals surface area contributed by atoms with Crippen LogP contribution in [0.15, 0.2) is 35.7 Å². The van der Waals surface area contributed by atoms with Crippen LogP contribution in [0.3, 0.4) is 0 Å². The van der Waals surface area contributed by atoms with Crippen molar-refractivity contribution in [2.45, 2.75) is 65.3 Å². The predicted molar refractivity (Wildman–Crippen MR) is 137 cm³/mol. The van der Waals surface area contributed by atoms with Gasteiger partial charge in [0, 0.05) is 23.9 Å². The number of thiophene rings is 1. The molecule has 1 saturated carbocycles. The minimum absolute atomic E-state index is 0.0315. The number of fused-ring (bicyclic) bond motifs is 1. The molecular formula is C28H38N2O3S. The van der Waals surface area contributed by atoms with Gasteiger partial charge < -0.3 is 14.5 Å². The Hall–Kier alpha value is -2.34. The molecule has 0 bridgehead atoms. The number of carbonyl (C=O) groups excluding carboxylic acids is 2.